The fourth-order valence-corrected chi connectivity index (χ4v) is 2.95. The fourth-order valence-electron chi connectivity index (χ4n) is 0.574. The second-order valence-corrected chi connectivity index (χ2v) is 6.03. The molecule has 0 fully saturated rings. The van der Waals surface area contributed by atoms with E-state index in [-0.39, 0.29) is 12.2 Å². The van der Waals surface area contributed by atoms with E-state index in [2.05, 4.69) is 4.08 Å². The number of halogens is 1. The van der Waals surface area contributed by atoms with Crippen molar-refractivity contribution < 1.29 is 13.1 Å². The summed E-state index contributed by atoms with van der Waals surface area (Å²) in [5.41, 5.74) is 0. The first-order valence-corrected chi connectivity index (χ1v) is 6.53. The summed E-state index contributed by atoms with van der Waals surface area (Å²) >= 11 is 10.2. The second-order valence-electron chi connectivity index (χ2n) is 2.82. The summed E-state index contributed by atoms with van der Waals surface area (Å²) in [6.07, 6.45) is -0.0957. The normalized spacial score (nSPS) is 12.9. The molecule has 0 aromatic heterocycles. The SMILES string of the molecule is CC(C)OP(=S)(OCl)OC(C)C. The minimum atomic E-state index is -2.71. The van der Waals surface area contributed by atoms with E-state index >= 15 is 0 Å². The average Bonchev–Trinajstić information content (AvgIpc) is 1.83. The summed E-state index contributed by atoms with van der Waals surface area (Å²) < 4.78 is 15.0. The van der Waals surface area contributed by atoms with Gasteiger partial charge in [-0.2, -0.15) is 4.08 Å². The average molecular weight is 233 g/mol. The van der Waals surface area contributed by atoms with Crippen LogP contribution in [0.3, 0.4) is 0 Å². The maximum atomic E-state index is 5.25. The number of rotatable bonds is 5. The van der Waals surface area contributed by atoms with Crippen LogP contribution in [0.15, 0.2) is 0 Å². The molecule has 0 aromatic carbocycles. The van der Waals surface area contributed by atoms with Gasteiger partial charge in [-0.3, -0.25) is 0 Å². The first-order valence-electron chi connectivity index (χ1n) is 3.67. The van der Waals surface area contributed by atoms with E-state index in [9.17, 15) is 0 Å². The highest BCUT2D eigenvalue weighted by Crippen LogP contribution is 2.53. The van der Waals surface area contributed by atoms with Crippen molar-refractivity contribution in [3.05, 3.63) is 0 Å². The van der Waals surface area contributed by atoms with Crippen LogP contribution in [0.4, 0.5) is 0 Å². The van der Waals surface area contributed by atoms with Crippen LogP contribution < -0.4 is 0 Å². The first-order chi connectivity index (χ1) is 5.39. The van der Waals surface area contributed by atoms with Crippen LogP contribution in [-0.4, -0.2) is 12.2 Å². The maximum absolute atomic E-state index is 5.25. The van der Waals surface area contributed by atoms with E-state index in [1.807, 2.05) is 27.7 Å². The molecule has 74 valence electrons. The van der Waals surface area contributed by atoms with Crippen LogP contribution in [0.25, 0.3) is 0 Å². The van der Waals surface area contributed by atoms with E-state index in [4.69, 9.17) is 32.7 Å². The van der Waals surface area contributed by atoms with Crippen LogP contribution in [0, 0.1) is 0 Å². The first kappa shape index (κ1) is 12.8. The Morgan fingerprint density at radius 1 is 1.08 bits per heavy atom. The topological polar surface area (TPSA) is 27.7 Å². The Bertz CT molecular complexity index is 160. The molecule has 0 bridgehead atoms. The van der Waals surface area contributed by atoms with Crippen molar-refractivity contribution in [2.45, 2.75) is 39.9 Å². The third-order valence-corrected chi connectivity index (χ3v) is 3.82. The molecule has 0 aliphatic rings. The molecule has 0 atom stereocenters. The highest BCUT2D eigenvalue weighted by Gasteiger charge is 2.23. The number of hydrogen-bond donors (Lipinski definition) is 0. The van der Waals surface area contributed by atoms with Gasteiger partial charge in [-0.1, -0.05) is 0 Å². The summed E-state index contributed by atoms with van der Waals surface area (Å²) in [7, 11) is 0. The highest BCUT2D eigenvalue weighted by atomic mass is 35.5. The summed E-state index contributed by atoms with van der Waals surface area (Å²) in [6, 6.07) is 0. The molecular formula is C6H14ClO3PS. The lowest BCUT2D eigenvalue weighted by Gasteiger charge is -2.21. The lowest BCUT2D eigenvalue weighted by atomic mass is 10.5. The summed E-state index contributed by atoms with van der Waals surface area (Å²) in [5, 5.41) is 0. The maximum Gasteiger partial charge on any atom is 0.344 e. The van der Waals surface area contributed by atoms with Gasteiger partial charge in [-0.25, -0.2) is 0 Å². The van der Waals surface area contributed by atoms with E-state index in [0.717, 1.165) is 0 Å². The van der Waals surface area contributed by atoms with Crippen LogP contribution in [-0.2, 0) is 24.9 Å². The predicted molar refractivity (Wildman–Crippen MR) is 53.7 cm³/mol. The van der Waals surface area contributed by atoms with Crippen molar-refractivity contribution in [1.82, 2.24) is 0 Å². The Balaban J connectivity index is 4.15. The third-order valence-electron chi connectivity index (χ3n) is 0.764. The van der Waals surface area contributed by atoms with Gasteiger partial charge in [0.05, 0.1) is 24.1 Å². The molecule has 6 heteroatoms. The quantitative estimate of drug-likeness (QED) is 0.681. The van der Waals surface area contributed by atoms with Crippen molar-refractivity contribution in [2.75, 3.05) is 0 Å². The molecule has 0 radical (unpaired) electrons. The lowest BCUT2D eigenvalue weighted by Crippen LogP contribution is -2.07. The molecule has 0 rings (SSSR count). The fraction of sp³-hybridized carbons (Fsp3) is 1.00. The van der Waals surface area contributed by atoms with Crippen molar-refractivity contribution >= 4 is 30.4 Å². The van der Waals surface area contributed by atoms with Crippen molar-refractivity contribution in [2.24, 2.45) is 0 Å². The minimum Gasteiger partial charge on any atom is -0.305 e. The largest absolute Gasteiger partial charge is 0.344 e. The van der Waals surface area contributed by atoms with Gasteiger partial charge in [0.2, 0.25) is 0 Å². The van der Waals surface area contributed by atoms with Gasteiger partial charge in [-0.05, 0) is 39.5 Å². The molecular weight excluding hydrogens is 219 g/mol. The predicted octanol–water partition coefficient (Wildman–Crippen LogP) is 3.23. The number of hydrogen-bond acceptors (Lipinski definition) is 4. The van der Waals surface area contributed by atoms with E-state index in [1.54, 1.807) is 0 Å². The standard InChI is InChI=1S/C6H14ClO3PS/c1-5(2)8-11(12,10-7)9-6(3)4/h5-6H,1-4H3. The van der Waals surface area contributed by atoms with Crippen molar-refractivity contribution in [1.29, 1.82) is 0 Å². The molecule has 0 aliphatic carbocycles. The third kappa shape index (κ3) is 5.46. The smallest absolute Gasteiger partial charge is 0.305 e. The molecule has 0 spiro atoms. The van der Waals surface area contributed by atoms with Crippen LogP contribution in [0.2, 0.25) is 0 Å². The highest BCUT2D eigenvalue weighted by molar-refractivity contribution is 8.07. The Morgan fingerprint density at radius 2 is 1.42 bits per heavy atom. The van der Waals surface area contributed by atoms with Crippen LogP contribution in [0.5, 0.6) is 0 Å². The molecule has 0 amide bonds. The van der Waals surface area contributed by atoms with Crippen LogP contribution in [0.1, 0.15) is 27.7 Å². The molecule has 0 aromatic rings. The Labute approximate surface area is 83.8 Å². The molecule has 0 saturated carbocycles. The van der Waals surface area contributed by atoms with E-state index in [1.165, 1.54) is 0 Å². The molecule has 12 heavy (non-hydrogen) atoms. The van der Waals surface area contributed by atoms with E-state index in [0.29, 0.717) is 0 Å². The van der Waals surface area contributed by atoms with Gasteiger partial charge in [0.25, 0.3) is 0 Å². The van der Waals surface area contributed by atoms with Gasteiger partial charge in [0.1, 0.15) is 0 Å². The second kappa shape index (κ2) is 5.53. The Hall–Kier alpha value is 0.820. The summed E-state index contributed by atoms with van der Waals surface area (Å²) in [6.45, 7) is 4.68. The van der Waals surface area contributed by atoms with Gasteiger partial charge in [0, 0.05) is 0 Å². The zero-order chi connectivity index (χ0) is 9.78. The van der Waals surface area contributed by atoms with Crippen molar-refractivity contribution in [3.63, 3.8) is 0 Å². The van der Waals surface area contributed by atoms with Gasteiger partial charge >= 0.3 is 6.72 Å². The van der Waals surface area contributed by atoms with Crippen molar-refractivity contribution in [3.8, 4) is 0 Å². The lowest BCUT2D eigenvalue weighted by molar-refractivity contribution is 0.143. The molecule has 0 saturated heterocycles. The molecule has 0 aliphatic heterocycles. The minimum absolute atomic E-state index is 0.0478. The van der Waals surface area contributed by atoms with Crippen LogP contribution >= 0.6 is 18.6 Å². The van der Waals surface area contributed by atoms with Gasteiger partial charge < -0.3 is 9.05 Å². The molecule has 0 N–H and O–H groups in total. The summed E-state index contributed by atoms with van der Waals surface area (Å²) in [4.78, 5) is 0. The Kier molecular flexibility index (Phi) is 5.91. The zero-order valence-electron chi connectivity index (χ0n) is 7.61. The van der Waals surface area contributed by atoms with Gasteiger partial charge in [0.15, 0.2) is 0 Å². The molecule has 3 nitrogen and oxygen atoms in total. The zero-order valence-corrected chi connectivity index (χ0v) is 10.1. The summed E-state index contributed by atoms with van der Waals surface area (Å²) in [5.74, 6) is 0. The molecule has 0 unspecified atom stereocenters. The Morgan fingerprint density at radius 3 is 1.58 bits per heavy atom. The molecule has 0 heterocycles. The van der Waals surface area contributed by atoms with Gasteiger partial charge in [-0.15, -0.1) is 0 Å². The van der Waals surface area contributed by atoms with E-state index < -0.39 is 6.72 Å². The monoisotopic (exact) mass is 232 g/mol.